The third-order valence-electron chi connectivity index (χ3n) is 4.61. The maximum atomic E-state index is 10.7. The molecule has 0 aliphatic rings. The van der Waals surface area contributed by atoms with Crippen molar-refractivity contribution in [3.8, 4) is 0 Å². The van der Waals surface area contributed by atoms with Crippen LogP contribution in [0.3, 0.4) is 0 Å². The van der Waals surface area contributed by atoms with Gasteiger partial charge in [-0.3, -0.25) is 24.8 Å². The first kappa shape index (κ1) is 40.3. The minimum absolute atomic E-state index is 0. The van der Waals surface area contributed by atoms with Gasteiger partial charge in [-0.25, -0.2) is 16.8 Å². The van der Waals surface area contributed by atoms with Crippen LogP contribution in [0.15, 0.2) is 67.0 Å². The van der Waals surface area contributed by atoms with Crippen LogP contribution in [-0.4, -0.2) is 75.8 Å². The van der Waals surface area contributed by atoms with E-state index in [4.69, 9.17) is 30.9 Å². The van der Waals surface area contributed by atoms with Gasteiger partial charge in [0.05, 0.1) is 22.8 Å². The maximum absolute atomic E-state index is 10.7. The predicted octanol–water partition coefficient (Wildman–Crippen LogP) is 3.24. The summed E-state index contributed by atoms with van der Waals surface area (Å²) < 4.78 is 118. The number of rotatable bonds is 8. The third kappa shape index (κ3) is 16.6. The summed E-state index contributed by atoms with van der Waals surface area (Å²) in [4.78, 5) is 18.0. The van der Waals surface area contributed by atoms with Crippen molar-refractivity contribution in [3.63, 3.8) is 0 Å². The molecule has 11 nitrogen and oxygen atoms in total. The van der Waals surface area contributed by atoms with E-state index in [-0.39, 0.29) is 17.1 Å². The molecule has 238 valence electrons. The summed E-state index contributed by atoms with van der Waals surface area (Å²) in [5.41, 5.74) is -7.00. The van der Waals surface area contributed by atoms with Crippen LogP contribution in [0.25, 0.3) is 0 Å². The van der Waals surface area contributed by atoms with E-state index in [0.29, 0.717) is 0 Å². The molecule has 0 fully saturated rings. The zero-order valence-corrected chi connectivity index (χ0v) is 25.0. The molecule has 20 heteroatoms. The topological polar surface area (TPSA) is 160 Å². The summed E-state index contributed by atoms with van der Waals surface area (Å²) in [6, 6.07) is 18.3. The Morgan fingerprint density at radius 1 is 0.605 bits per heavy atom. The Morgan fingerprint density at radius 2 is 0.884 bits per heavy atom. The van der Waals surface area contributed by atoms with Crippen LogP contribution in [0, 0.1) is 0 Å². The molecule has 3 aromatic heterocycles. The summed E-state index contributed by atoms with van der Waals surface area (Å²) in [5.74, 6) is 0. The Bertz CT molecular complexity index is 1350. The van der Waals surface area contributed by atoms with Crippen LogP contribution >= 0.6 is 0 Å². The SMILES string of the molecule is CN(Cc1ccccn1)Cc1cccc(CN(C)Cc2ccccn2)n1.O=S(=O)([O-])C(F)(F)F.O=S(=O)([O-])C(F)(F)F.[Fe+4]. The molecule has 0 atom stereocenters. The second-order valence-electron chi connectivity index (χ2n) is 8.41. The summed E-state index contributed by atoms with van der Waals surface area (Å²) in [5, 5.41) is 0. The van der Waals surface area contributed by atoms with Gasteiger partial charge in [-0.1, -0.05) is 18.2 Å². The van der Waals surface area contributed by atoms with Gasteiger partial charge >= 0.3 is 28.1 Å². The van der Waals surface area contributed by atoms with Crippen molar-refractivity contribution < 1.29 is 69.4 Å². The van der Waals surface area contributed by atoms with Crippen LogP contribution in [0.4, 0.5) is 26.3 Å². The molecule has 0 aliphatic carbocycles. The van der Waals surface area contributed by atoms with Crippen molar-refractivity contribution in [2.75, 3.05) is 14.1 Å². The number of hydrogen-bond acceptors (Lipinski definition) is 11. The molecule has 0 unspecified atom stereocenters. The van der Waals surface area contributed by atoms with Crippen LogP contribution in [-0.2, 0) is 63.5 Å². The fraction of sp³-hybridized carbons (Fsp3) is 0.348. The standard InChI is InChI=1S/C21H25N5.2CHF3O3S.Fe/c1-25(14-18-8-3-5-12-22-18)16-20-10-7-11-21(24-20)17-26(2)15-19-9-4-6-13-23-19;2*2-1(3,4)8(5,6)7;/h3-13H,14-17H2,1-2H3;2*(H,5,6,7);/q;;;+4/p-2. The van der Waals surface area contributed by atoms with Gasteiger partial charge in [0.15, 0.2) is 20.2 Å². The monoisotopic (exact) mass is 701 g/mol. The zero-order valence-electron chi connectivity index (χ0n) is 22.3. The van der Waals surface area contributed by atoms with Crippen molar-refractivity contribution >= 4 is 20.2 Å². The number of hydrogen-bond donors (Lipinski definition) is 0. The Labute approximate surface area is 255 Å². The molecular weight excluding hydrogens is 676 g/mol. The van der Waals surface area contributed by atoms with Gasteiger partial charge in [0.2, 0.25) is 0 Å². The number of aromatic nitrogens is 3. The molecule has 3 aromatic rings. The minimum atomic E-state index is -6.09. The van der Waals surface area contributed by atoms with Gasteiger partial charge in [-0.2, -0.15) is 26.3 Å². The second-order valence-corrected chi connectivity index (χ2v) is 11.1. The first-order valence-electron chi connectivity index (χ1n) is 11.3. The molecule has 0 spiro atoms. The summed E-state index contributed by atoms with van der Waals surface area (Å²) >= 11 is 0. The molecule has 3 rings (SSSR count). The van der Waals surface area contributed by atoms with Crippen molar-refractivity contribution in [3.05, 3.63) is 89.8 Å². The number of halogens is 6. The average molecular weight is 701 g/mol. The second kappa shape index (κ2) is 17.6. The normalized spacial score (nSPS) is 12.0. The minimum Gasteiger partial charge on any atom is -0.741 e. The van der Waals surface area contributed by atoms with E-state index in [2.05, 4.69) is 52.1 Å². The van der Waals surface area contributed by atoms with Crippen LogP contribution in [0.5, 0.6) is 0 Å². The quantitative estimate of drug-likeness (QED) is 0.147. The van der Waals surface area contributed by atoms with Gasteiger partial charge in [0.25, 0.3) is 0 Å². The van der Waals surface area contributed by atoms with Gasteiger partial charge in [-0.15, -0.1) is 0 Å². The molecule has 0 saturated carbocycles. The number of nitrogens with zero attached hydrogens (tertiary/aromatic N) is 5. The van der Waals surface area contributed by atoms with E-state index < -0.39 is 31.3 Å². The van der Waals surface area contributed by atoms with E-state index in [1.807, 2.05) is 48.8 Å². The molecule has 43 heavy (non-hydrogen) atoms. The Balaban J connectivity index is 0.000000860. The molecule has 0 bridgehead atoms. The van der Waals surface area contributed by atoms with E-state index in [1.54, 1.807) is 0 Å². The fourth-order valence-electron chi connectivity index (χ4n) is 2.91. The molecule has 0 aliphatic heterocycles. The number of alkyl halides is 6. The van der Waals surface area contributed by atoms with Gasteiger partial charge in [-0.05, 0) is 50.5 Å². The van der Waals surface area contributed by atoms with Gasteiger partial charge in [0.1, 0.15) is 0 Å². The Hall–Kier alpha value is -2.71. The van der Waals surface area contributed by atoms with Crippen LogP contribution in [0.1, 0.15) is 22.8 Å². The molecule has 3 heterocycles. The van der Waals surface area contributed by atoms with Gasteiger partial charge < -0.3 is 9.11 Å². The van der Waals surface area contributed by atoms with Crippen molar-refractivity contribution in [1.82, 2.24) is 24.8 Å². The summed E-state index contributed by atoms with van der Waals surface area (Å²) in [6.07, 6.45) is 3.67. The van der Waals surface area contributed by atoms with Crippen molar-refractivity contribution in [2.45, 2.75) is 37.2 Å². The smallest absolute Gasteiger partial charge is 0.741 e. The van der Waals surface area contributed by atoms with Crippen molar-refractivity contribution in [1.29, 1.82) is 0 Å². The van der Waals surface area contributed by atoms with E-state index >= 15 is 0 Å². The number of pyridine rings is 3. The molecule has 0 saturated heterocycles. The van der Waals surface area contributed by atoms with Crippen LogP contribution in [0.2, 0.25) is 0 Å². The molecule has 0 radical (unpaired) electrons. The molecule has 0 aromatic carbocycles. The zero-order chi connectivity index (χ0) is 32.2. The molecule has 0 N–H and O–H groups in total. The Kier molecular flexibility index (Phi) is 16.4. The fourth-order valence-corrected chi connectivity index (χ4v) is 2.91. The molecule has 0 amide bonds. The van der Waals surface area contributed by atoms with Crippen molar-refractivity contribution in [2.24, 2.45) is 0 Å². The van der Waals surface area contributed by atoms with Gasteiger partial charge in [0, 0.05) is 38.6 Å². The first-order valence-corrected chi connectivity index (χ1v) is 14.2. The first-order chi connectivity index (χ1) is 19.2. The molecular formula is C23H25F6FeN5O6S2+2. The largest absolute Gasteiger partial charge is 4.00 e. The van der Waals surface area contributed by atoms with Crippen LogP contribution < -0.4 is 0 Å². The van der Waals surface area contributed by atoms with E-state index in [0.717, 1.165) is 49.0 Å². The summed E-state index contributed by atoms with van der Waals surface area (Å²) in [7, 11) is -7.99. The Morgan fingerprint density at radius 3 is 1.14 bits per heavy atom. The third-order valence-corrected chi connectivity index (χ3v) is 5.75. The summed E-state index contributed by atoms with van der Waals surface area (Å²) in [6.45, 7) is 3.22. The average Bonchev–Trinajstić information content (AvgIpc) is 2.84. The van der Waals surface area contributed by atoms with E-state index in [1.165, 1.54) is 0 Å². The van der Waals surface area contributed by atoms with E-state index in [9.17, 15) is 26.3 Å². The maximum Gasteiger partial charge on any atom is 4.00 e. The predicted molar refractivity (Wildman–Crippen MR) is 135 cm³/mol.